The van der Waals surface area contributed by atoms with Crippen molar-refractivity contribution in [3.8, 4) is 5.75 Å². The first-order chi connectivity index (χ1) is 16.4. The lowest BCUT2D eigenvalue weighted by atomic mass is 10.1. The van der Waals surface area contributed by atoms with E-state index in [9.17, 15) is 30.8 Å². The van der Waals surface area contributed by atoms with Crippen LogP contribution < -0.4 is 14.8 Å². The van der Waals surface area contributed by atoms with Gasteiger partial charge in [0.25, 0.3) is 0 Å². The second kappa shape index (κ2) is 10.6. The first-order valence-electron chi connectivity index (χ1n) is 9.98. The van der Waals surface area contributed by atoms with Crippen molar-refractivity contribution in [1.29, 1.82) is 0 Å². The van der Waals surface area contributed by atoms with E-state index in [1.54, 1.807) is 30.3 Å². The van der Waals surface area contributed by atoms with Gasteiger partial charge in [0.2, 0.25) is 15.9 Å². The van der Waals surface area contributed by atoms with Crippen LogP contribution in [0, 0.1) is 5.82 Å². The van der Waals surface area contributed by atoms with E-state index in [4.69, 9.17) is 16.3 Å². The second-order valence-corrected chi connectivity index (χ2v) is 9.46. The molecule has 3 rings (SSSR count). The standard InChI is InChI=1S/C23H19ClF4N2O4S/c1-34-21-10-8-16(13-18(21)24)35(32,33)30-20(11-14-5-3-2-4-6-14)22(31)29-15-7-9-19(25)17(12-15)23(26,27)28/h2-10,12-13,20,30H,11H2,1H3,(H,29,31)/t20-/m1/s1. The molecule has 35 heavy (non-hydrogen) atoms. The van der Waals surface area contributed by atoms with E-state index in [1.807, 2.05) is 0 Å². The number of nitrogens with one attached hydrogen (secondary N) is 2. The normalized spacial score (nSPS) is 12.7. The summed E-state index contributed by atoms with van der Waals surface area (Å²) in [6, 6.07) is 12.6. The second-order valence-electron chi connectivity index (χ2n) is 7.34. The molecule has 3 aromatic carbocycles. The van der Waals surface area contributed by atoms with E-state index < -0.39 is 39.5 Å². The number of methoxy groups -OCH3 is 1. The predicted molar refractivity (Wildman–Crippen MR) is 122 cm³/mol. The number of rotatable bonds is 8. The van der Waals surface area contributed by atoms with Crippen LogP contribution >= 0.6 is 11.6 Å². The number of alkyl halides is 3. The number of carbonyl (C=O) groups excluding carboxylic acids is 1. The summed E-state index contributed by atoms with van der Waals surface area (Å²) >= 11 is 6.02. The zero-order chi connectivity index (χ0) is 25.8. The molecule has 0 aliphatic heterocycles. The monoisotopic (exact) mass is 530 g/mol. The first kappa shape index (κ1) is 26.5. The van der Waals surface area contributed by atoms with E-state index in [0.29, 0.717) is 17.7 Å². The van der Waals surface area contributed by atoms with Gasteiger partial charge in [0.1, 0.15) is 17.6 Å². The van der Waals surface area contributed by atoms with E-state index in [0.717, 1.165) is 12.1 Å². The molecular weight excluding hydrogens is 512 g/mol. The van der Waals surface area contributed by atoms with E-state index in [-0.39, 0.29) is 27.8 Å². The molecule has 0 saturated carbocycles. The van der Waals surface area contributed by atoms with Crippen molar-refractivity contribution < 1.29 is 35.5 Å². The van der Waals surface area contributed by atoms with Crippen LogP contribution in [0.4, 0.5) is 23.2 Å². The molecule has 1 atom stereocenters. The Morgan fingerprint density at radius 2 is 1.74 bits per heavy atom. The number of ether oxygens (including phenoxy) is 1. The van der Waals surface area contributed by atoms with Crippen LogP contribution in [0.25, 0.3) is 0 Å². The topological polar surface area (TPSA) is 84.5 Å². The Morgan fingerprint density at radius 3 is 2.34 bits per heavy atom. The van der Waals surface area contributed by atoms with Gasteiger partial charge in [-0.15, -0.1) is 0 Å². The van der Waals surface area contributed by atoms with E-state index in [2.05, 4.69) is 10.0 Å². The van der Waals surface area contributed by atoms with Crippen molar-refractivity contribution in [2.75, 3.05) is 12.4 Å². The lowest BCUT2D eigenvalue weighted by Gasteiger charge is -2.20. The van der Waals surface area contributed by atoms with Gasteiger partial charge < -0.3 is 10.1 Å². The van der Waals surface area contributed by atoms with Gasteiger partial charge >= 0.3 is 6.18 Å². The summed E-state index contributed by atoms with van der Waals surface area (Å²) in [5.74, 6) is -2.22. The molecule has 0 saturated heterocycles. The number of anilines is 1. The van der Waals surface area contributed by atoms with Gasteiger partial charge in [0, 0.05) is 5.69 Å². The third-order valence-corrected chi connectivity index (χ3v) is 6.63. The lowest BCUT2D eigenvalue weighted by molar-refractivity contribution is -0.140. The largest absolute Gasteiger partial charge is 0.495 e. The number of hydrogen-bond acceptors (Lipinski definition) is 4. The average Bonchev–Trinajstić information content (AvgIpc) is 2.79. The van der Waals surface area contributed by atoms with Gasteiger partial charge in [-0.05, 0) is 48.4 Å². The summed E-state index contributed by atoms with van der Waals surface area (Å²) in [6.07, 6.45) is -5.10. The fourth-order valence-corrected chi connectivity index (χ4v) is 4.70. The summed E-state index contributed by atoms with van der Waals surface area (Å²) in [7, 11) is -2.94. The summed E-state index contributed by atoms with van der Waals surface area (Å²) in [6.45, 7) is 0. The lowest BCUT2D eigenvalue weighted by Crippen LogP contribution is -2.45. The molecule has 3 aromatic rings. The predicted octanol–water partition coefficient (Wildman–Crippen LogP) is 5.03. The highest BCUT2D eigenvalue weighted by Gasteiger charge is 2.34. The summed E-state index contributed by atoms with van der Waals surface area (Å²) < 4.78 is 86.0. The van der Waals surface area contributed by atoms with Crippen LogP contribution in [0.2, 0.25) is 5.02 Å². The van der Waals surface area contributed by atoms with Crippen molar-refractivity contribution in [3.05, 3.63) is 88.7 Å². The minimum Gasteiger partial charge on any atom is -0.495 e. The quantitative estimate of drug-likeness (QED) is 0.400. The molecule has 0 aliphatic rings. The minimum atomic E-state index is -4.98. The van der Waals surface area contributed by atoms with Crippen molar-refractivity contribution in [1.82, 2.24) is 4.72 Å². The molecule has 0 bridgehead atoms. The third kappa shape index (κ3) is 6.71. The molecule has 6 nitrogen and oxygen atoms in total. The molecule has 0 fully saturated rings. The third-order valence-electron chi connectivity index (χ3n) is 4.87. The molecule has 186 valence electrons. The van der Waals surface area contributed by atoms with Gasteiger partial charge in [0.15, 0.2) is 0 Å². The van der Waals surface area contributed by atoms with Crippen molar-refractivity contribution in [3.63, 3.8) is 0 Å². The summed E-state index contributed by atoms with van der Waals surface area (Å²) in [5.41, 5.74) is -1.34. The van der Waals surface area contributed by atoms with Crippen LogP contribution in [0.1, 0.15) is 11.1 Å². The Bertz CT molecular complexity index is 1320. The molecule has 0 aliphatic carbocycles. The molecule has 0 unspecified atom stereocenters. The van der Waals surface area contributed by atoms with Gasteiger partial charge in [-0.1, -0.05) is 41.9 Å². The Kier molecular flexibility index (Phi) is 8.04. The van der Waals surface area contributed by atoms with Crippen LogP contribution in [0.3, 0.4) is 0 Å². The zero-order valence-electron chi connectivity index (χ0n) is 18.1. The van der Waals surface area contributed by atoms with Crippen molar-refractivity contribution >= 4 is 33.2 Å². The first-order valence-corrected chi connectivity index (χ1v) is 11.8. The Morgan fingerprint density at radius 1 is 1.06 bits per heavy atom. The van der Waals surface area contributed by atoms with Crippen LogP contribution in [0.15, 0.2) is 71.6 Å². The van der Waals surface area contributed by atoms with Gasteiger partial charge in [-0.2, -0.15) is 17.9 Å². The van der Waals surface area contributed by atoms with Gasteiger partial charge in [0.05, 0.1) is 22.6 Å². The maximum absolute atomic E-state index is 13.6. The van der Waals surface area contributed by atoms with Crippen LogP contribution in [-0.4, -0.2) is 27.5 Å². The highest BCUT2D eigenvalue weighted by molar-refractivity contribution is 7.89. The number of carbonyl (C=O) groups is 1. The van der Waals surface area contributed by atoms with Crippen LogP contribution in [0.5, 0.6) is 5.75 Å². The van der Waals surface area contributed by atoms with Crippen molar-refractivity contribution in [2.45, 2.75) is 23.5 Å². The number of sulfonamides is 1. The highest BCUT2D eigenvalue weighted by Crippen LogP contribution is 2.33. The molecular formula is C23H19ClF4N2O4S. The zero-order valence-corrected chi connectivity index (χ0v) is 19.6. The minimum absolute atomic E-state index is 0.0189. The Hall–Kier alpha value is -3.15. The number of amides is 1. The summed E-state index contributed by atoms with van der Waals surface area (Å²) in [4.78, 5) is 12.7. The van der Waals surface area contributed by atoms with Crippen molar-refractivity contribution in [2.24, 2.45) is 0 Å². The van der Waals surface area contributed by atoms with Crippen LogP contribution in [-0.2, 0) is 27.4 Å². The summed E-state index contributed by atoms with van der Waals surface area (Å²) in [5, 5.41) is 2.25. The number of benzene rings is 3. The molecule has 0 spiro atoms. The molecule has 0 radical (unpaired) electrons. The average molecular weight is 531 g/mol. The van der Waals surface area contributed by atoms with E-state index in [1.165, 1.54) is 19.2 Å². The number of hydrogen-bond donors (Lipinski definition) is 2. The highest BCUT2D eigenvalue weighted by atomic mass is 35.5. The fraction of sp³-hybridized carbons (Fsp3) is 0.174. The Labute approximate surface area is 203 Å². The molecule has 1 amide bonds. The SMILES string of the molecule is COc1ccc(S(=O)(=O)N[C@H](Cc2ccccc2)C(=O)Nc2ccc(F)c(C(F)(F)F)c2)cc1Cl. The molecule has 12 heteroatoms. The van der Waals surface area contributed by atoms with Gasteiger partial charge in [-0.3, -0.25) is 4.79 Å². The smallest absolute Gasteiger partial charge is 0.419 e. The molecule has 2 N–H and O–H groups in total. The van der Waals surface area contributed by atoms with E-state index >= 15 is 0 Å². The maximum atomic E-state index is 13.6. The fourth-order valence-electron chi connectivity index (χ4n) is 3.16. The number of halogens is 5. The molecule has 0 aromatic heterocycles. The van der Waals surface area contributed by atoms with Gasteiger partial charge in [-0.25, -0.2) is 12.8 Å². The maximum Gasteiger partial charge on any atom is 0.419 e. The Balaban J connectivity index is 1.91. The molecule has 0 heterocycles.